The van der Waals surface area contributed by atoms with Gasteiger partial charge in [-0.15, -0.1) is 0 Å². The smallest absolute Gasteiger partial charge is 0.355 e. The first-order valence-electron chi connectivity index (χ1n) is 10.5. The highest BCUT2D eigenvalue weighted by Gasteiger charge is 2.59. The molecule has 2 heterocycles. The monoisotopic (exact) mass is 579 g/mol. The van der Waals surface area contributed by atoms with Crippen molar-refractivity contribution < 1.29 is 44.3 Å². The molecule has 1 amide bonds. The molecule has 1 unspecified atom stereocenters. The third kappa shape index (κ3) is 6.39. The van der Waals surface area contributed by atoms with Crippen molar-refractivity contribution >= 4 is 35.1 Å². The second-order valence-corrected chi connectivity index (χ2v) is 9.66. The van der Waals surface area contributed by atoms with Crippen LogP contribution < -0.4 is 10.2 Å². The topological polar surface area (TPSA) is 45.2 Å². The Labute approximate surface area is 214 Å². The van der Waals surface area contributed by atoms with E-state index in [4.69, 9.17) is 11.6 Å². The van der Waals surface area contributed by atoms with Crippen LogP contribution in [0.5, 0.6) is 0 Å². The molecule has 0 aliphatic carbocycles. The number of amides is 1. The second-order valence-electron chi connectivity index (χ2n) is 8.36. The van der Waals surface area contributed by atoms with Crippen molar-refractivity contribution in [3.8, 4) is 0 Å². The SMILES string of the molecule is CSCC(=O)NCc1ccc(N2CCC(c3cc(Cl)cc(C(F)(F)F)c3)(C(F)(F)F)C2)nc1C(F)(F)F. The molecule has 3 rings (SSSR count). The number of halogens is 10. The number of nitrogens with zero attached hydrogens (tertiary/aromatic N) is 2. The maximum absolute atomic E-state index is 14.3. The number of carbonyl (C=O) groups excluding carboxylic acids is 1. The summed E-state index contributed by atoms with van der Waals surface area (Å²) in [6.45, 7) is -1.90. The van der Waals surface area contributed by atoms with E-state index in [1.54, 1.807) is 6.26 Å². The van der Waals surface area contributed by atoms with Crippen molar-refractivity contribution in [3.05, 3.63) is 57.7 Å². The van der Waals surface area contributed by atoms with Crippen LogP contribution in [-0.4, -0.2) is 42.2 Å². The molecule has 1 fully saturated rings. The molecule has 1 atom stereocenters. The van der Waals surface area contributed by atoms with Crippen LogP contribution in [0, 0.1) is 0 Å². The molecule has 0 bridgehead atoms. The molecule has 37 heavy (non-hydrogen) atoms. The Morgan fingerprint density at radius 2 is 1.76 bits per heavy atom. The van der Waals surface area contributed by atoms with Crippen LogP contribution in [0.4, 0.5) is 45.3 Å². The van der Waals surface area contributed by atoms with Gasteiger partial charge in [0.25, 0.3) is 0 Å². The zero-order valence-corrected chi connectivity index (χ0v) is 20.5. The van der Waals surface area contributed by atoms with E-state index < -0.39 is 89.1 Å². The minimum atomic E-state index is -5.05. The molecule has 0 spiro atoms. The number of carbonyl (C=O) groups is 1. The summed E-state index contributed by atoms with van der Waals surface area (Å²) in [4.78, 5) is 16.1. The summed E-state index contributed by atoms with van der Waals surface area (Å²) >= 11 is 6.87. The van der Waals surface area contributed by atoms with Crippen LogP contribution in [0.15, 0.2) is 30.3 Å². The lowest BCUT2D eigenvalue weighted by molar-refractivity contribution is -0.184. The summed E-state index contributed by atoms with van der Waals surface area (Å²) in [5.74, 6) is -0.936. The highest BCUT2D eigenvalue weighted by atomic mass is 35.5. The number of hydrogen-bond acceptors (Lipinski definition) is 4. The molecule has 1 aliphatic heterocycles. The van der Waals surface area contributed by atoms with E-state index in [-0.39, 0.29) is 5.75 Å². The largest absolute Gasteiger partial charge is 0.433 e. The lowest BCUT2D eigenvalue weighted by Crippen LogP contribution is -2.45. The van der Waals surface area contributed by atoms with Crippen molar-refractivity contribution in [2.75, 3.05) is 30.0 Å². The predicted octanol–water partition coefficient (Wildman–Crippen LogP) is 6.46. The van der Waals surface area contributed by atoms with Gasteiger partial charge in [-0.05, 0) is 42.5 Å². The first kappa shape index (κ1) is 29.2. The number of benzene rings is 1. The van der Waals surface area contributed by atoms with Crippen LogP contribution in [0.2, 0.25) is 5.02 Å². The molecule has 1 aromatic carbocycles. The summed E-state index contributed by atoms with van der Waals surface area (Å²) in [7, 11) is 0. The van der Waals surface area contributed by atoms with Crippen LogP contribution in [0.25, 0.3) is 0 Å². The number of rotatable bonds is 6. The molecule has 1 saturated heterocycles. The van der Waals surface area contributed by atoms with E-state index >= 15 is 0 Å². The van der Waals surface area contributed by atoms with Gasteiger partial charge in [-0.25, -0.2) is 4.98 Å². The maximum atomic E-state index is 14.3. The number of nitrogens with one attached hydrogen (secondary N) is 1. The molecule has 2 aromatic rings. The van der Waals surface area contributed by atoms with Crippen LogP contribution in [0.1, 0.15) is 28.8 Å². The Kier molecular flexibility index (Phi) is 8.23. The average Bonchev–Trinajstić information content (AvgIpc) is 3.23. The van der Waals surface area contributed by atoms with Crippen LogP contribution >= 0.6 is 23.4 Å². The standard InChI is InChI=1S/C22H19ClF9N3OS/c1-37-10-17(36)33-9-12-2-3-16(34-18(12)21(27,28)29)35-5-4-19(11-35,22(30,31)32)13-6-14(20(24,25)26)8-15(23)7-13/h2-3,6-8H,4-5,9-11H2,1H3,(H,33,36). The zero-order chi connectivity index (χ0) is 27.8. The van der Waals surface area contributed by atoms with Gasteiger partial charge >= 0.3 is 18.5 Å². The molecule has 4 nitrogen and oxygen atoms in total. The van der Waals surface area contributed by atoms with Gasteiger partial charge in [0.1, 0.15) is 11.2 Å². The maximum Gasteiger partial charge on any atom is 0.433 e. The van der Waals surface area contributed by atoms with Gasteiger partial charge in [-0.1, -0.05) is 17.7 Å². The Hall–Kier alpha value is -2.35. The van der Waals surface area contributed by atoms with Crippen molar-refractivity contribution in [2.45, 2.75) is 36.9 Å². The average molecular weight is 580 g/mol. The molecule has 1 N–H and O–H groups in total. The molecule has 1 aliphatic rings. The number of thioether (sulfide) groups is 1. The van der Waals surface area contributed by atoms with Crippen molar-refractivity contribution in [1.29, 1.82) is 0 Å². The van der Waals surface area contributed by atoms with E-state index in [9.17, 15) is 44.3 Å². The normalized spacial score (nSPS) is 18.8. The molecule has 204 valence electrons. The first-order chi connectivity index (χ1) is 17.0. The van der Waals surface area contributed by atoms with Gasteiger partial charge in [-0.3, -0.25) is 4.79 Å². The molecular formula is C22H19ClF9N3OS. The summed E-state index contributed by atoms with van der Waals surface area (Å²) in [6.07, 6.45) is -14.1. The van der Waals surface area contributed by atoms with Crippen LogP contribution in [0.3, 0.4) is 0 Å². The van der Waals surface area contributed by atoms with E-state index in [1.165, 1.54) is 0 Å². The summed E-state index contributed by atoms with van der Waals surface area (Å²) in [6, 6.07) is 3.71. The fourth-order valence-corrected chi connectivity index (χ4v) is 4.68. The van der Waals surface area contributed by atoms with Gasteiger partial charge in [0.05, 0.1) is 11.3 Å². The van der Waals surface area contributed by atoms with Gasteiger partial charge in [0, 0.05) is 30.2 Å². The quantitative estimate of drug-likeness (QED) is 0.399. The molecule has 1 aromatic heterocycles. The minimum absolute atomic E-state index is 0.0136. The predicted molar refractivity (Wildman–Crippen MR) is 120 cm³/mol. The van der Waals surface area contributed by atoms with E-state index in [2.05, 4.69) is 10.3 Å². The number of anilines is 1. The van der Waals surface area contributed by atoms with Crippen molar-refractivity contribution in [3.63, 3.8) is 0 Å². The highest BCUT2D eigenvalue weighted by Crippen LogP contribution is 2.50. The fourth-order valence-electron chi connectivity index (χ4n) is 4.08. The molecular weight excluding hydrogens is 561 g/mol. The Morgan fingerprint density at radius 3 is 2.32 bits per heavy atom. The number of aromatic nitrogens is 1. The minimum Gasteiger partial charge on any atom is -0.355 e. The number of pyridine rings is 1. The first-order valence-corrected chi connectivity index (χ1v) is 12.3. The van der Waals surface area contributed by atoms with Gasteiger partial charge < -0.3 is 10.2 Å². The van der Waals surface area contributed by atoms with E-state index in [0.29, 0.717) is 12.1 Å². The molecule has 0 saturated carbocycles. The molecule has 15 heteroatoms. The molecule has 0 radical (unpaired) electrons. The number of hydrogen-bond donors (Lipinski definition) is 1. The fraction of sp³-hybridized carbons (Fsp3) is 0.455. The highest BCUT2D eigenvalue weighted by molar-refractivity contribution is 7.99. The van der Waals surface area contributed by atoms with Crippen LogP contribution in [-0.2, 0) is 29.1 Å². The zero-order valence-electron chi connectivity index (χ0n) is 18.9. The summed E-state index contributed by atoms with van der Waals surface area (Å²) < 4.78 is 124. The lowest BCUT2D eigenvalue weighted by atomic mass is 9.78. The van der Waals surface area contributed by atoms with Crippen molar-refractivity contribution in [1.82, 2.24) is 10.3 Å². The van der Waals surface area contributed by atoms with E-state index in [1.807, 2.05) is 0 Å². The Bertz CT molecular complexity index is 1150. The Morgan fingerprint density at radius 1 is 1.08 bits per heavy atom. The van der Waals surface area contributed by atoms with Crippen molar-refractivity contribution in [2.24, 2.45) is 0 Å². The van der Waals surface area contributed by atoms with Gasteiger partial charge in [-0.2, -0.15) is 51.3 Å². The number of alkyl halides is 9. The summed E-state index contributed by atoms with van der Waals surface area (Å²) in [5.41, 5.74) is -6.73. The third-order valence-corrected chi connectivity index (χ3v) is 6.67. The second kappa shape index (κ2) is 10.4. The third-order valence-electron chi connectivity index (χ3n) is 5.90. The summed E-state index contributed by atoms with van der Waals surface area (Å²) in [5, 5.41) is 1.75. The lowest BCUT2D eigenvalue weighted by Gasteiger charge is -2.33. The van der Waals surface area contributed by atoms with Gasteiger partial charge in [0.15, 0.2) is 5.69 Å². The van der Waals surface area contributed by atoms with Gasteiger partial charge in [0.2, 0.25) is 5.91 Å². The Balaban J connectivity index is 1.99. The van der Waals surface area contributed by atoms with E-state index in [0.717, 1.165) is 34.9 Å².